The van der Waals surface area contributed by atoms with E-state index in [4.69, 9.17) is 14.0 Å². The maximum Gasteiger partial charge on any atom is 0.498 e. The van der Waals surface area contributed by atoms with Gasteiger partial charge in [0.15, 0.2) is 0 Å². The highest BCUT2D eigenvalue weighted by Crippen LogP contribution is 2.37. The Morgan fingerprint density at radius 2 is 1.81 bits per heavy atom. The van der Waals surface area contributed by atoms with Crippen molar-refractivity contribution < 1.29 is 23.9 Å². The lowest BCUT2D eigenvalue weighted by molar-refractivity contribution is -0.145. The Kier molecular flexibility index (Phi) is 5.56. The van der Waals surface area contributed by atoms with E-state index in [1.54, 1.807) is 13.1 Å². The maximum atomic E-state index is 12.7. The van der Waals surface area contributed by atoms with Gasteiger partial charge >= 0.3 is 13.1 Å². The molecule has 1 atom stereocenters. The Morgan fingerprint density at radius 1 is 1.30 bits per heavy atom. The minimum Gasteiger partial charge on any atom is -0.496 e. The SMILES string of the molecule is COc1cn(CC(C)(C)C(C)C(=O)O)c(=O)cc1B1OC(C)(C)C(C)(C)O1. The second kappa shape index (κ2) is 6.98. The zero-order valence-electron chi connectivity index (χ0n) is 17.5. The number of ether oxygens (including phenoxy) is 1. The highest BCUT2D eigenvalue weighted by atomic mass is 16.7. The topological polar surface area (TPSA) is 87.0 Å². The van der Waals surface area contributed by atoms with Crippen LogP contribution in [0.4, 0.5) is 0 Å². The van der Waals surface area contributed by atoms with Crippen molar-refractivity contribution in [1.29, 1.82) is 0 Å². The van der Waals surface area contributed by atoms with Crippen LogP contribution in [0.1, 0.15) is 48.5 Å². The molecule has 8 heteroatoms. The van der Waals surface area contributed by atoms with Gasteiger partial charge in [0.2, 0.25) is 5.56 Å². The fourth-order valence-electron chi connectivity index (χ4n) is 2.93. The Labute approximate surface area is 160 Å². The van der Waals surface area contributed by atoms with E-state index in [1.165, 1.54) is 17.7 Å². The lowest BCUT2D eigenvalue weighted by Crippen LogP contribution is -2.41. The monoisotopic (exact) mass is 379 g/mol. The molecule has 1 aliphatic heterocycles. The number of hydrogen-bond donors (Lipinski definition) is 1. The molecule has 0 spiro atoms. The van der Waals surface area contributed by atoms with Crippen LogP contribution in [0, 0.1) is 11.3 Å². The number of aromatic nitrogens is 1. The molecular weight excluding hydrogens is 349 g/mol. The Morgan fingerprint density at radius 3 is 2.26 bits per heavy atom. The predicted octanol–water partition coefficient (Wildman–Crippen LogP) is 1.90. The van der Waals surface area contributed by atoms with Gasteiger partial charge in [-0.15, -0.1) is 0 Å². The summed E-state index contributed by atoms with van der Waals surface area (Å²) in [7, 11) is 0.808. The van der Waals surface area contributed by atoms with E-state index in [9.17, 15) is 14.7 Å². The third-order valence-electron chi connectivity index (χ3n) is 5.97. The molecule has 0 amide bonds. The third kappa shape index (κ3) is 4.06. The normalized spacial score (nSPS) is 19.8. The van der Waals surface area contributed by atoms with E-state index in [2.05, 4.69) is 0 Å². The van der Waals surface area contributed by atoms with Gasteiger partial charge in [-0.2, -0.15) is 0 Å². The van der Waals surface area contributed by atoms with Crippen molar-refractivity contribution >= 4 is 18.6 Å². The fourth-order valence-corrected chi connectivity index (χ4v) is 2.93. The van der Waals surface area contributed by atoms with Crippen LogP contribution in [0.5, 0.6) is 5.75 Å². The summed E-state index contributed by atoms with van der Waals surface area (Å²) in [6, 6.07) is 1.45. The van der Waals surface area contributed by atoms with Gasteiger partial charge in [0, 0.05) is 24.3 Å². The Bertz CT molecular complexity index is 767. The predicted molar refractivity (Wildman–Crippen MR) is 104 cm³/mol. The van der Waals surface area contributed by atoms with Crippen molar-refractivity contribution in [3.05, 3.63) is 22.6 Å². The summed E-state index contributed by atoms with van der Waals surface area (Å²) in [4.78, 5) is 24.1. The number of carboxylic acid groups (broad SMARTS) is 1. The summed E-state index contributed by atoms with van der Waals surface area (Å²) < 4.78 is 19.0. The van der Waals surface area contributed by atoms with Crippen LogP contribution < -0.4 is 15.8 Å². The second-order valence-corrected chi connectivity index (χ2v) is 8.90. The van der Waals surface area contributed by atoms with Crippen molar-refractivity contribution in [1.82, 2.24) is 4.57 Å². The van der Waals surface area contributed by atoms with Crippen LogP contribution in [0.25, 0.3) is 0 Å². The zero-order valence-corrected chi connectivity index (χ0v) is 17.5. The molecule has 1 N–H and O–H groups in total. The molecule has 27 heavy (non-hydrogen) atoms. The van der Waals surface area contributed by atoms with Crippen molar-refractivity contribution in [2.24, 2.45) is 11.3 Å². The van der Waals surface area contributed by atoms with Gasteiger partial charge in [0.25, 0.3) is 0 Å². The number of hydrogen-bond acceptors (Lipinski definition) is 5. The van der Waals surface area contributed by atoms with Crippen molar-refractivity contribution in [2.75, 3.05) is 7.11 Å². The molecule has 0 aromatic carbocycles. The largest absolute Gasteiger partial charge is 0.498 e. The first-order chi connectivity index (χ1) is 12.2. The molecule has 7 nitrogen and oxygen atoms in total. The first-order valence-electron chi connectivity index (χ1n) is 9.08. The Hall–Kier alpha value is -1.80. The van der Waals surface area contributed by atoms with Crippen molar-refractivity contribution in [2.45, 2.75) is 66.2 Å². The summed E-state index contributed by atoms with van der Waals surface area (Å²) in [5.41, 5.74) is -1.41. The molecule has 1 aromatic heterocycles. The fraction of sp³-hybridized carbons (Fsp3) is 0.684. The number of carboxylic acids is 1. The number of methoxy groups -OCH3 is 1. The standard InChI is InChI=1S/C19H30BNO6/c1-12(16(23)24)17(2,3)11-21-10-14(25-8)13(9-15(21)22)20-26-18(4,5)19(6,7)27-20/h9-10,12H,11H2,1-8H3,(H,23,24). The van der Waals surface area contributed by atoms with Crippen LogP contribution in [0.3, 0.4) is 0 Å². The summed E-state index contributed by atoms with van der Waals surface area (Å²) in [6.07, 6.45) is 1.60. The van der Waals surface area contributed by atoms with Gasteiger partial charge in [-0.05, 0) is 33.1 Å². The molecule has 1 aromatic rings. The highest BCUT2D eigenvalue weighted by Gasteiger charge is 2.52. The molecule has 2 heterocycles. The quantitative estimate of drug-likeness (QED) is 0.760. The summed E-state index contributed by atoms with van der Waals surface area (Å²) in [5.74, 6) is -1.04. The number of nitrogens with zero attached hydrogens (tertiary/aromatic N) is 1. The van der Waals surface area contributed by atoms with Gasteiger partial charge in [-0.1, -0.05) is 20.8 Å². The lowest BCUT2D eigenvalue weighted by atomic mass is 9.78. The molecule has 0 radical (unpaired) electrons. The molecule has 150 valence electrons. The van der Waals surface area contributed by atoms with E-state index in [1.807, 2.05) is 41.5 Å². The van der Waals surface area contributed by atoms with Crippen LogP contribution in [0.2, 0.25) is 0 Å². The summed E-state index contributed by atoms with van der Waals surface area (Å²) in [6.45, 7) is 13.3. The second-order valence-electron chi connectivity index (χ2n) is 8.90. The summed E-state index contributed by atoms with van der Waals surface area (Å²) >= 11 is 0. The maximum absolute atomic E-state index is 12.7. The molecule has 1 fully saturated rings. The van der Waals surface area contributed by atoms with Crippen LogP contribution in [-0.4, -0.2) is 41.1 Å². The molecule has 1 saturated heterocycles. The highest BCUT2D eigenvalue weighted by molar-refractivity contribution is 6.63. The molecule has 0 saturated carbocycles. The molecule has 1 aliphatic rings. The average molecular weight is 379 g/mol. The number of aliphatic carboxylic acids is 1. The van der Waals surface area contributed by atoms with E-state index in [0.717, 1.165) is 0 Å². The number of pyridine rings is 1. The first-order valence-corrected chi connectivity index (χ1v) is 9.08. The van der Waals surface area contributed by atoms with Crippen LogP contribution in [0.15, 0.2) is 17.1 Å². The molecule has 0 aliphatic carbocycles. The molecular formula is C19H30BNO6. The third-order valence-corrected chi connectivity index (χ3v) is 5.97. The smallest absolute Gasteiger partial charge is 0.496 e. The van der Waals surface area contributed by atoms with Crippen molar-refractivity contribution in [3.8, 4) is 5.75 Å². The Balaban J connectivity index is 2.39. The number of rotatable bonds is 6. The zero-order chi connectivity index (χ0) is 20.8. The van der Waals surface area contributed by atoms with E-state index < -0.39 is 35.6 Å². The minimum absolute atomic E-state index is 0.249. The average Bonchev–Trinajstić information content (AvgIpc) is 2.75. The number of carbonyl (C=O) groups is 1. The van der Waals surface area contributed by atoms with E-state index >= 15 is 0 Å². The van der Waals surface area contributed by atoms with E-state index in [0.29, 0.717) is 11.2 Å². The van der Waals surface area contributed by atoms with Gasteiger partial charge in [0.1, 0.15) is 5.75 Å². The molecule has 2 rings (SSSR count). The first kappa shape index (κ1) is 21.5. The van der Waals surface area contributed by atoms with Crippen molar-refractivity contribution in [3.63, 3.8) is 0 Å². The molecule has 1 unspecified atom stereocenters. The van der Waals surface area contributed by atoms with E-state index in [-0.39, 0.29) is 12.1 Å². The molecule has 0 bridgehead atoms. The van der Waals surface area contributed by atoms with Gasteiger partial charge in [0.05, 0.1) is 24.2 Å². The van der Waals surface area contributed by atoms with Crippen LogP contribution >= 0.6 is 0 Å². The van der Waals surface area contributed by atoms with Gasteiger partial charge in [-0.3, -0.25) is 9.59 Å². The lowest BCUT2D eigenvalue weighted by Gasteiger charge is -2.32. The summed E-state index contributed by atoms with van der Waals surface area (Å²) in [5, 5.41) is 9.31. The van der Waals surface area contributed by atoms with Gasteiger partial charge in [-0.25, -0.2) is 0 Å². The van der Waals surface area contributed by atoms with Gasteiger partial charge < -0.3 is 23.7 Å². The van der Waals surface area contributed by atoms with Crippen LogP contribution in [-0.2, 0) is 20.6 Å². The minimum atomic E-state index is -0.895.